The Morgan fingerprint density at radius 3 is 2.76 bits per heavy atom. The minimum absolute atomic E-state index is 0.399. The van der Waals surface area contributed by atoms with Crippen molar-refractivity contribution in [3.63, 3.8) is 0 Å². The second-order valence-corrected chi connectivity index (χ2v) is 5.77. The third-order valence-corrected chi connectivity index (χ3v) is 3.67. The molecule has 114 valence electrons. The average molecular weight is 307 g/mol. The van der Waals surface area contributed by atoms with Crippen LogP contribution in [0, 0.1) is 6.92 Å². The van der Waals surface area contributed by atoms with Crippen LogP contribution in [0.5, 0.6) is 0 Å². The number of aryl methyl sites for hydroxylation is 1. The molecule has 0 saturated carbocycles. The number of hydrogen-bond donors (Lipinski definition) is 1. The van der Waals surface area contributed by atoms with E-state index in [4.69, 9.17) is 4.74 Å². The van der Waals surface area contributed by atoms with E-state index < -0.39 is 0 Å². The summed E-state index contributed by atoms with van der Waals surface area (Å²) in [5.41, 5.74) is 1.05. The number of anilines is 2. The topological polar surface area (TPSA) is 63.2 Å². The van der Waals surface area contributed by atoms with E-state index in [0.29, 0.717) is 12.4 Å². The van der Waals surface area contributed by atoms with Crippen molar-refractivity contribution in [3.8, 4) is 0 Å². The molecule has 0 saturated heterocycles. The zero-order valence-corrected chi connectivity index (χ0v) is 13.7. The molecule has 0 aromatic carbocycles. The number of nitrogens with zero attached hydrogens (tertiary/aromatic N) is 4. The molecule has 21 heavy (non-hydrogen) atoms. The molecule has 2 rings (SSSR count). The van der Waals surface area contributed by atoms with Crippen molar-refractivity contribution in [3.05, 3.63) is 28.0 Å². The van der Waals surface area contributed by atoms with E-state index in [1.807, 2.05) is 27.0 Å². The van der Waals surface area contributed by atoms with Crippen LogP contribution in [0.4, 0.5) is 11.6 Å². The van der Waals surface area contributed by atoms with Crippen LogP contribution in [0.15, 0.2) is 11.4 Å². The van der Waals surface area contributed by atoms with Crippen LogP contribution in [0.3, 0.4) is 0 Å². The lowest BCUT2D eigenvalue weighted by molar-refractivity contribution is 0.178. The quantitative estimate of drug-likeness (QED) is 0.848. The first-order valence-corrected chi connectivity index (χ1v) is 7.73. The summed E-state index contributed by atoms with van der Waals surface area (Å²) in [6.07, 6.45) is 0. The van der Waals surface area contributed by atoms with Crippen LogP contribution in [0.1, 0.15) is 23.4 Å². The van der Waals surface area contributed by atoms with Gasteiger partial charge in [0, 0.05) is 32.1 Å². The first-order valence-electron chi connectivity index (χ1n) is 6.85. The molecule has 0 unspecified atom stereocenters. The molecule has 0 aliphatic heterocycles. The predicted molar refractivity (Wildman–Crippen MR) is 85.9 cm³/mol. The van der Waals surface area contributed by atoms with Crippen LogP contribution in [0.2, 0.25) is 0 Å². The van der Waals surface area contributed by atoms with Gasteiger partial charge in [-0.25, -0.2) is 15.0 Å². The van der Waals surface area contributed by atoms with Crippen LogP contribution in [-0.2, 0) is 17.9 Å². The van der Waals surface area contributed by atoms with Gasteiger partial charge in [0.2, 0.25) is 0 Å². The maximum Gasteiger partial charge on any atom is 0.158 e. The average Bonchev–Trinajstić information content (AvgIpc) is 2.84. The fourth-order valence-electron chi connectivity index (χ4n) is 1.95. The van der Waals surface area contributed by atoms with Gasteiger partial charge in [-0.15, -0.1) is 11.3 Å². The molecule has 2 aromatic heterocycles. The number of hydrogen-bond acceptors (Lipinski definition) is 7. The highest BCUT2D eigenvalue weighted by Crippen LogP contribution is 2.18. The fraction of sp³-hybridized carbons (Fsp3) is 0.500. The highest BCUT2D eigenvalue weighted by Gasteiger charge is 2.10. The van der Waals surface area contributed by atoms with Crippen molar-refractivity contribution in [1.29, 1.82) is 0 Å². The van der Waals surface area contributed by atoms with Gasteiger partial charge >= 0.3 is 0 Å². The van der Waals surface area contributed by atoms with E-state index in [0.717, 1.165) is 35.4 Å². The lowest BCUT2D eigenvalue weighted by atomic mass is 10.4. The molecule has 6 nitrogen and oxygen atoms in total. The fourth-order valence-corrected chi connectivity index (χ4v) is 2.55. The van der Waals surface area contributed by atoms with E-state index in [-0.39, 0.29) is 0 Å². The van der Waals surface area contributed by atoms with E-state index in [1.54, 1.807) is 18.4 Å². The molecule has 0 spiro atoms. The van der Waals surface area contributed by atoms with E-state index in [2.05, 4.69) is 30.5 Å². The lowest BCUT2D eigenvalue weighted by Gasteiger charge is -2.18. The zero-order valence-electron chi connectivity index (χ0n) is 12.9. The van der Waals surface area contributed by atoms with Crippen LogP contribution in [-0.4, -0.2) is 35.7 Å². The largest absolute Gasteiger partial charge is 0.377 e. The van der Waals surface area contributed by atoms with Crippen molar-refractivity contribution >= 4 is 23.0 Å². The number of aromatic nitrogens is 3. The minimum Gasteiger partial charge on any atom is -0.377 e. The van der Waals surface area contributed by atoms with Gasteiger partial charge in [0.1, 0.15) is 18.2 Å². The summed E-state index contributed by atoms with van der Waals surface area (Å²) in [7, 11) is 3.65. The summed E-state index contributed by atoms with van der Waals surface area (Å²) in [6, 6.07) is 1.95. The molecule has 0 aliphatic carbocycles. The molecule has 1 N–H and O–H groups in total. The highest BCUT2D eigenvalue weighted by atomic mass is 32.1. The SMILES string of the molecule is CCNc1cc(N(C)Cc2csc(C)n2)nc(COC)n1. The van der Waals surface area contributed by atoms with Gasteiger partial charge in [-0.2, -0.15) is 0 Å². The minimum atomic E-state index is 0.399. The van der Waals surface area contributed by atoms with Gasteiger partial charge in [0.05, 0.1) is 17.2 Å². The zero-order chi connectivity index (χ0) is 15.2. The normalized spacial score (nSPS) is 10.7. The van der Waals surface area contributed by atoms with E-state index in [1.165, 1.54) is 0 Å². The van der Waals surface area contributed by atoms with Gasteiger partial charge in [-0.3, -0.25) is 0 Å². The number of methoxy groups -OCH3 is 1. The Balaban J connectivity index is 2.19. The Kier molecular flexibility index (Phi) is 5.46. The first kappa shape index (κ1) is 15.7. The Morgan fingerprint density at radius 1 is 1.33 bits per heavy atom. The Bertz CT molecular complexity index is 562. The molecular formula is C14H21N5OS. The molecule has 7 heteroatoms. The third-order valence-electron chi connectivity index (χ3n) is 2.85. The smallest absolute Gasteiger partial charge is 0.158 e. The van der Waals surface area contributed by atoms with Gasteiger partial charge < -0.3 is 15.0 Å². The summed E-state index contributed by atoms with van der Waals surface area (Å²) in [5, 5.41) is 6.38. The van der Waals surface area contributed by atoms with Crippen LogP contribution in [0.25, 0.3) is 0 Å². The van der Waals surface area contributed by atoms with Gasteiger partial charge in [-0.1, -0.05) is 0 Å². The van der Waals surface area contributed by atoms with Gasteiger partial charge in [0.25, 0.3) is 0 Å². The second kappa shape index (κ2) is 7.33. The number of ether oxygens (including phenoxy) is 1. The van der Waals surface area contributed by atoms with Crippen molar-refractivity contribution in [2.75, 3.05) is 30.9 Å². The van der Waals surface area contributed by atoms with Crippen LogP contribution >= 0.6 is 11.3 Å². The maximum absolute atomic E-state index is 5.14. The van der Waals surface area contributed by atoms with E-state index >= 15 is 0 Å². The summed E-state index contributed by atoms with van der Waals surface area (Å²) in [6.45, 7) is 5.99. The molecule has 0 amide bonds. The monoisotopic (exact) mass is 307 g/mol. The maximum atomic E-state index is 5.14. The van der Waals surface area contributed by atoms with E-state index in [9.17, 15) is 0 Å². The third kappa shape index (κ3) is 4.37. The van der Waals surface area contributed by atoms with Gasteiger partial charge in [0.15, 0.2) is 5.82 Å². The molecule has 0 atom stereocenters. The van der Waals surface area contributed by atoms with Crippen LogP contribution < -0.4 is 10.2 Å². The summed E-state index contributed by atoms with van der Waals surface area (Å²) in [4.78, 5) is 15.5. The molecule has 0 aliphatic rings. The molecule has 2 heterocycles. The highest BCUT2D eigenvalue weighted by molar-refractivity contribution is 7.09. The van der Waals surface area contributed by atoms with Gasteiger partial charge in [-0.05, 0) is 13.8 Å². The Labute approximate surface area is 129 Å². The van der Waals surface area contributed by atoms with Crippen molar-refractivity contribution in [2.24, 2.45) is 0 Å². The number of nitrogens with one attached hydrogen (secondary N) is 1. The molecule has 0 radical (unpaired) electrons. The summed E-state index contributed by atoms with van der Waals surface area (Å²) >= 11 is 1.66. The van der Waals surface area contributed by atoms with Crippen molar-refractivity contribution in [2.45, 2.75) is 27.0 Å². The lowest BCUT2D eigenvalue weighted by Crippen LogP contribution is -2.19. The van der Waals surface area contributed by atoms with Crippen molar-refractivity contribution < 1.29 is 4.74 Å². The first-order chi connectivity index (χ1) is 10.1. The summed E-state index contributed by atoms with van der Waals surface area (Å²) < 4.78 is 5.14. The predicted octanol–water partition coefficient (Wildman–Crippen LogP) is 2.46. The molecular weight excluding hydrogens is 286 g/mol. The molecule has 0 fully saturated rings. The Hall–Kier alpha value is -1.73. The Morgan fingerprint density at radius 2 is 2.14 bits per heavy atom. The number of thiazole rings is 1. The standard InChI is InChI=1S/C14H21N5OS/c1-5-15-12-6-14(18-13(17-12)8-20-4)19(3)7-11-9-21-10(2)16-11/h6,9H,5,7-8H2,1-4H3,(H,15,17,18). The molecule has 2 aromatic rings. The van der Waals surface area contributed by atoms with Crippen molar-refractivity contribution in [1.82, 2.24) is 15.0 Å². The second-order valence-electron chi connectivity index (χ2n) is 4.70. The number of rotatable bonds is 7. The summed E-state index contributed by atoms with van der Waals surface area (Å²) in [5.74, 6) is 2.35. The molecule has 0 bridgehead atoms.